The normalized spacial score (nSPS) is 17.8. The molecule has 1 atom stereocenters. The lowest BCUT2D eigenvalue weighted by Crippen LogP contribution is -2.34. The minimum atomic E-state index is -0.522. The molecule has 0 radical (unpaired) electrons. The average Bonchev–Trinajstić information content (AvgIpc) is 2.92. The van der Waals surface area contributed by atoms with Crippen molar-refractivity contribution in [3.63, 3.8) is 0 Å². The lowest BCUT2D eigenvalue weighted by Gasteiger charge is -2.15. The first kappa shape index (κ1) is 21.0. The fourth-order valence-electron chi connectivity index (χ4n) is 3.19. The molecule has 1 saturated heterocycles. The van der Waals surface area contributed by atoms with E-state index < -0.39 is 5.25 Å². The summed E-state index contributed by atoms with van der Waals surface area (Å²) in [6.45, 7) is 6.58. The number of hydrogen-bond donors (Lipinski definition) is 1. The van der Waals surface area contributed by atoms with Crippen LogP contribution in [0.1, 0.15) is 30.9 Å². The van der Waals surface area contributed by atoms with Gasteiger partial charge in [-0.25, -0.2) is 9.38 Å². The third-order valence-corrected chi connectivity index (χ3v) is 5.57. The molecule has 0 aromatic heterocycles. The van der Waals surface area contributed by atoms with Gasteiger partial charge in [0.1, 0.15) is 11.1 Å². The van der Waals surface area contributed by atoms with Crippen molar-refractivity contribution in [2.75, 3.05) is 11.9 Å². The number of carbonyl (C=O) groups excluding carboxylic acids is 2. The van der Waals surface area contributed by atoms with Gasteiger partial charge < -0.3 is 5.32 Å². The molecule has 1 fully saturated rings. The molecular formula is C22H24FN3O2S. The second-order valence-electron chi connectivity index (χ2n) is 7.10. The van der Waals surface area contributed by atoms with Gasteiger partial charge in [-0.05, 0) is 67.8 Å². The van der Waals surface area contributed by atoms with Gasteiger partial charge in [0.2, 0.25) is 11.8 Å². The summed E-state index contributed by atoms with van der Waals surface area (Å²) < 4.78 is 13.0. The number of aliphatic imine (C=N–C) groups is 1. The molecule has 2 aromatic carbocycles. The molecule has 3 rings (SSSR count). The molecule has 29 heavy (non-hydrogen) atoms. The maximum Gasteiger partial charge on any atom is 0.242 e. The summed E-state index contributed by atoms with van der Waals surface area (Å²) in [5, 5.41) is 2.82. The molecule has 2 amide bonds. The van der Waals surface area contributed by atoms with Crippen molar-refractivity contribution in [2.24, 2.45) is 4.99 Å². The first-order valence-electron chi connectivity index (χ1n) is 9.56. The van der Waals surface area contributed by atoms with Gasteiger partial charge in [0.15, 0.2) is 5.17 Å². The molecule has 0 spiro atoms. The Balaban J connectivity index is 1.75. The van der Waals surface area contributed by atoms with Gasteiger partial charge in [0, 0.05) is 18.7 Å². The number of amides is 2. The first-order chi connectivity index (χ1) is 13.9. The smallest absolute Gasteiger partial charge is 0.242 e. The Labute approximate surface area is 174 Å². The zero-order valence-corrected chi connectivity index (χ0v) is 17.6. The fraction of sp³-hybridized carbons (Fsp3) is 0.318. The Morgan fingerprint density at radius 1 is 1.17 bits per heavy atom. The lowest BCUT2D eigenvalue weighted by atomic mass is 10.1. The van der Waals surface area contributed by atoms with E-state index in [2.05, 4.69) is 11.4 Å². The summed E-state index contributed by atoms with van der Waals surface area (Å²) >= 11 is 1.32. The van der Waals surface area contributed by atoms with Crippen molar-refractivity contribution in [1.29, 1.82) is 0 Å². The number of aryl methyl sites for hydroxylation is 2. The monoisotopic (exact) mass is 413 g/mol. The van der Waals surface area contributed by atoms with E-state index >= 15 is 0 Å². The second kappa shape index (κ2) is 9.22. The Bertz CT molecular complexity index is 923. The number of anilines is 1. The number of amidine groups is 1. The first-order valence-corrected chi connectivity index (χ1v) is 10.4. The van der Waals surface area contributed by atoms with Crippen LogP contribution in [0.3, 0.4) is 0 Å². The topological polar surface area (TPSA) is 61.8 Å². The Morgan fingerprint density at radius 3 is 2.45 bits per heavy atom. The van der Waals surface area contributed by atoms with Gasteiger partial charge in [0.25, 0.3) is 0 Å². The third kappa shape index (κ3) is 5.44. The van der Waals surface area contributed by atoms with E-state index in [4.69, 9.17) is 4.99 Å². The van der Waals surface area contributed by atoms with Crippen LogP contribution in [-0.4, -0.2) is 33.7 Å². The zero-order chi connectivity index (χ0) is 21.0. The molecule has 7 heteroatoms. The molecule has 0 bridgehead atoms. The Morgan fingerprint density at radius 2 is 1.83 bits per heavy atom. The number of hydrogen-bond acceptors (Lipinski definition) is 4. The van der Waals surface area contributed by atoms with Crippen molar-refractivity contribution in [3.8, 4) is 0 Å². The molecule has 0 unspecified atom stereocenters. The van der Waals surface area contributed by atoms with Gasteiger partial charge >= 0.3 is 0 Å². The predicted molar refractivity (Wildman–Crippen MR) is 116 cm³/mol. The summed E-state index contributed by atoms with van der Waals surface area (Å²) in [6, 6.07) is 11.6. The quantitative estimate of drug-likeness (QED) is 0.739. The van der Waals surface area contributed by atoms with Gasteiger partial charge in [-0.3, -0.25) is 14.5 Å². The summed E-state index contributed by atoms with van der Waals surface area (Å²) in [4.78, 5) is 31.6. The molecule has 1 aliphatic heterocycles. The average molecular weight is 414 g/mol. The van der Waals surface area contributed by atoms with Gasteiger partial charge in [-0.2, -0.15) is 0 Å². The lowest BCUT2D eigenvalue weighted by molar-refractivity contribution is -0.128. The summed E-state index contributed by atoms with van der Waals surface area (Å²) in [7, 11) is 0. The fourth-order valence-corrected chi connectivity index (χ4v) is 4.38. The van der Waals surface area contributed by atoms with E-state index in [1.54, 1.807) is 4.90 Å². The Kier molecular flexibility index (Phi) is 6.69. The second-order valence-corrected chi connectivity index (χ2v) is 8.27. The van der Waals surface area contributed by atoms with Crippen LogP contribution in [0.5, 0.6) is 0 Å². The van der Waals surface area contributed by atoms with Crippen LogP contribution in [-0.2, 0) is 9.59 Å². The molecule has 152 valence electrons. The number of carbonyl (C=O) groups is 2. The van der Waals surface area contributed by atoms with Gasteiger partial charge in [0.05, 0.1) is 5.69 Å². The predicted octanol–water partition coefficient (Wildman–Crippen LogP) is 4.81. The van der Waals surface area contributed by atoms with E-state index in [0.717, 1.165) is 23.2 Å². The van der Waals surface area contributed by atoms with Crippen molar-refractivity contribution in [1.82, 2.24) is 4.90 Å². The molecule has 2 aromatic rings. The molecular weight excluding hydrogens is 389 g/mol. The van der Waals surface area contributed by atoms with Crippen LogP contribution in [0, 0.1) is 19.7 Å². The van der Waals surface area contributed by atoms with Crippen molar-refractivity contribution < 1.29 is 14.0 Å². The van der Waals surface area contributed by atoms with Crippen molar-refractivity contribution >= 4 is 40.1 Å². The summed E-state index contributed by atoms with van der Waals surface area (Å²) in [5.74, 6) is -0.757. The number of nitrogens with zero attached hydrogens (tertiary/aromatic N) is 2. The van der Waals surface area contributed by atoms with E-state index in [0.29, 0.717) is 17.4 Å². The standard InChI is InChI=1S/C22H24FN3O2S/c1-4-9-26-21(28)19(13-20(27)24-17-7-5-16(23)6-8-17)29-22(26)25-18-11-14(2)10-15(3)12-18/h5-8,10-12,19H,4,9,13H2,1-3H3,(H,24,27)/t19-/m0/s1. The van der Waals surface area contributed by atoms with Crippen LogP contribution >= 0.6 is 11.8 Å². The zero-order valence-electron chi connectivity index (χ0n) is 16.7. The maximum atomic E-state index is 13.0. The molecule has 0 aliphatic carbocycles. The molecule has 0 saturated carbocycles. The number of benzene rings is 2. The molecule has 1 N–H and O–H groups in total. The highest BCUT2D eigenvalue weighted by molar-refractivity contribution is 8.15. The van der Waals surface area contributed by atoms with Crippen molar-refractivity contribution in [3.05, 3.63) is 59.4 Å². The van der Waals surface area contributed by atoms with E-state index in [1.165, 1.54) is 36.0 Å². The van der Waals surface area contributed by atoms with Crippen LogP contribution < -0.4 is 5.32 Å². The highest BCUT2D eigenvalue weighted by Gasteiger charge is 2.38. The van der Waals surface area contributed by atoms with Crippen molar-refractivity contribution in [2.45, 2.75) is 38.9 Å². The SMILES string of the molecule is CCCN1C(=O)[C@H](CC(=O)Nc2ccc(F)cc2)SC1=Nc1cc(C)cc(C)c1. The number of halogens is 1. The number of nitrogens with one attached hydrogen (secondary N) is 1. The highest BCUT2D eigenvalue weighted by Crippen LogP contribution is 2.32. The maximum absolute atomic E-state index is 13.0. The van der Waals surface area contributed by atoms with E-state index in [9.17, 15) is 14.0 Å². The minimum absolute atomic E-state index is 0.0347. The number of rotatable bonds is 6. The van der Waals surface area contributed by atoms with E-state index in [-0.39, 0.29) is 24.1 Å². The molecule has 5 nitrogen and oxygen atoms in total. The molecule has 1 aliphatic rings. The number of thioether (sulfide) groups is 1. The summed E-state index contributed by atoms with van der Waals surface area (Å²) in [5.41, 5.74) is 3.52. The van der Waals surface area contributed by atoms with Gasteiger partial charge in [-0.1, -0.05) is 24.8 Å². The van der Waals surface area contributed by atoms with Crippen LogP contribution in [0.4, 0.5) is 15.8 Å². The Hall–Kier alpha value is -2.67. The summed E-state index contributed by atoms with van der Waals surface area (Å²) in [6.07, 6.45) is 0.833. The third-order valence-electron chi connectivity index (χ3n) is 4.40. The van der Waals surface area contributed by atoms with Gasteiger partial charge in [-0.15, -0.1) is 0 Å². The van der Waals surface area contributed by atoms with Crippen LogP contribution in [0.15, 0.2) is 47.5 Å². The van der Waals surface area contributed by atoms with Crippen LogP contribution in [0.25, 0.3) is 0 Å². The molecule has 1 heterocycles. The highest BCUT2D eigenvalue weighted by atomic mass is 32.2. The van der Waals surface area contributed by atoms with Crippen LogP contribution in [0.2, 0.25) is 0 Å². The minimum Gasteiger partial charge on any atom is -0.326 e. The largest absolute Gasteiger partial charge is 0.326 e. The van der Waals surface area contributed by atoms with E-state index in [1.807, 2.05) is 32.9 Å².